The highest BCUT2D eigenvalue weighted by Gasteiger charge is 2.22. The van der Waals surface area contributed by atoms with Crippen molar-refractivity contribution in [3.8, 4) is 5.75 Å². The van der Waals surface area contributed by atoms with Gasteiger partial charge in [0.2, 0.25) is 5.91 Å². The van der Waals surface area contributed by atoms with Crippen molar-refractivity contribution >= 4 is 39.2 Å². The molecule has 0 aliphatic heterocycles. The third-order valence-electron chi connectivity index (χ3n) is 5.46. The van der Waals surface area contributed by atoms with Gasteiger partial charge in [-0.3, -0.25) is 14.2 Å². The van der Waals surface area contributed by atoms with Gasteiger partial charge in [0.1, 0.15) is 10.6 Å². The minimum absolute atomic E-state index is 0.000848. The SMILES string of the molecule is COc1cccc(CN(C)C(=O)CSc2nc3sc4c(c3c(=O)n2C)CCCC4)c1. The number of thioether (sulfide) groups is 1. The van der Waals surface area contributed by atoms with Crippen LogP contribution in [0.5, 0.6) is 5.75 Å². The van der Waals surface area contributed by atoms with Crippen molar-refractivity contribution in [2.75, 3.05) is 19.9 Å². The molecule has 0 saturated carbocycles. The first-order chi connectivity index (χ1) is 14.5. The van der Waals surface area contributed by atoms with Crippen LogP contribution in [0.3, 0.4) is 0 Å². The number of aryl methyl sites for hydroxylation is 2. The molecule has 4 rings (SSSR count). The molecule has 0 spiro atoms. The zero-order chi connectivity index (χ0) is 21.3. The zero-order valence-corrected chi connectivity index (χ0v) is 19.1. The number of carbonyl (C=O) groups is 1. The third-order valence-corrected chi connectivity index (χ3v) is 7.66. The number of aromatic nitrogens is 2. The largest absolute Gasteiger partial charge is 0.497 e. The molecule has 0 unspecified atom stereocenters. The molecule has 2 aromatic heterocycles. The van der Waals surface area contributed by atoms with Crippen LogP contribution < -0.4 is 10.3 Å². The molecule has 6 nitrogen and oxygen atoms in total. The lowest BCUT2D eigenvalue weighted by molar-refractivity contribution is -0.127. The van der Waals surface area contributed by atoms with Crippen molar-refractivity contribution in [2.45, 2.75) is 37.4 Å². The van der Waals surface area contributed by atoms with Crippen molar-refractivity contribution < 1.29 is 9.53 Å². The van der Waals surface area contributed by atoms with Crippen LogP contribution in [0.2, 0.25) is 0 Å². The molecule has 8 heteroatoms. The number of amides is 1. The lowest BCUT2D eigenvalue weighted by Gasteiger charge is -2.17. The van der Waals surface area contributed by atoms with Gasteiger partial charge in [0, 0.05) is 25.5 Å². The van der Waals surface area contributed by atoms with Crippen molar-refractivity contribution in [1.29, 1.82) is 0 Å². The molecule has 30 heavy (non-hydrogen) atoms. The van der Waals surface area contributed by atoms with E-state index in [1.165, 1.54) is 28.6 Å². The lowest BCUT2D eigenvalue weighted by Crippen LogP contribution is -2.28. The number of hydrogen-bond donors (Lipinski definition) is 0. The average Bonchev–Trinajstić information content (AvgIpc) is 3.13. The average molecular weight is 444 g/mol. The van der Waals surface area contributed by atoms with E-state index >= 15 is 0 Å². The van der Waals surface area contributed by atoms with E-state index in [0.29, 0.717) is 11.7 Å². The van der Waals surface area contributed by atoms with E-state index in [4.69, 9.17) is 9.72 Å². The molecule has 1 aromatic carbocycles. The number of fused-ring (bicyclic) bond motifs is 3. The van der Waals surface area contributed by atoms with Gasteiger partial charge in [-0.2, -0.15) is 0 Å². The minimum atomic E-state index is -0.0114. The van der Waals surface area contributed by atoms with Gasteiger partial charge >= 0.3 is 0 Å². The lowest BCUT2D eigenvalue weighted by atomic mass is 9.97. The number of rotatable bonds is 6. The van der Waals surface area contributed by atoms with Gasteiger partial charge < -0.3 is 9.64 Å². The Labute approximate surface area is 183 Å². The quantitative estimate of drug-likeness (QED) is 0.430. The maximum Gasteiger partial charge on any atom is 0.262 e. The molecule has 0 bridgehead atoms. The summed E-state index contributed by atoms with van der Waals surface area (Å²) in [5.41, 5.74) is 2.20. The standard InChI is InChI=1S/C22H25N3O3S2/c1-24(12-14-7-6-8-15(11-14)28-3)18(26)13-29-22-23-20-19(21(27)25(22)2)16-9-4-5-10-17(16)30-20/h6-8,11H,4-5,9-10,12-13H2,1-3H3. The number of carbonyl (C=O) groups excluding carboxylic acids is 1. The molecule has 158 valence electrons. The Balaban J connectivity index is 1.48. The molecule has 0 saturated heterocycles. The van der Waals surface area contributed by atoms with Crippen LogP contribution in [-0.2, 0) is 31.2 Å². The van der Waals surface area contributed by atoms with Gasteiger partial charge in [0.15, 0.2) is 5.16 Å². The smallest absolute Gasteiger partial charge is 0.262 e. The zero-order valence-electron chi connectivity index (χ0n) is 17.4. The maximum atomic E-state index is 13.0. The van der Waals surface area contributed by atoms with E-state index < -0.39 is 0 Å². The molecular weight excluding hydrogens is 418 g/mol. The van der Waals surface area contributed by atoms with E-state index in [-0.39, 0.29) is 17.2 Å². The van der Waals surface area contributed by atoms with Crippen molar-refractivity contribution in [3.05, 3.63) is 50.6 Å². The van der Waals surface area contributed by atoms with Crippen LogP contribution in [0.1, 0.15) is 28.8 Å². The molecule has 0 fully saturated rings. The van der Waals surface area contributed by atoms with Gasteiger partial charge in [-0.15, -0.1) is 11.3 Å². The Hall–Kier alpha value is -2.32. The molecule has 0 N–H and O–H groups in total. The minimum Gasteiger partial charge on any atom is -0.497 e. The van der Waals surface area contributed by atoms with Crippen LogP contribution in [0.25, 0.3) is 10.2 Å². The normalized spacial score (nSPS) is 13.3. The second kappa shape index (κ2) is 8.81. The van der Waals surface area contributed by atoms with Gasteiger partial charge in [-0.1, -0.05) is 23.9 Å². The summed E-state index contributed by atoms with van der Waals surface area (Å²) in [4.78, 5) is 34.2. The first-order valence-electron chi connectivity index (χ1n) is 9.99. The van der Waals surface area contributed by atoms with E-state index in [0.717, 1.165) is 40.8 Å². The van der Waals surface area contributed by atoms with Crippen molar-refractivity contribution in [2.24, 2.45) is 7.05 Å². The highest BCUT2D eigenvalue weighted by Crippen LogP contribution is 2.34. The van der Waals surface area contributed by atoms with E-state index in [1.807, 2.05) is 24.3 Å². The van der Waals surface area contributed by atoms with Crippen LogP contribution in [0, 0.1) is 0 Å². The Morgan fingerprint density at radius 1 is 1.33 bits per heavy atom. The molecule has 0 atom stereocenters. The number of nitrogens with zero attached hydrogens (tertiary/aromatic N) is 3. The fraction of sp³-hybridized carbons (Fsp3) is 0.409. The molecule has 3 aromatic rings. The highest BCUT2D eigenvalue weighted by molar-refractivity contribution is 7.99. The summed E-state index contributed by atoms with van der Waals surface area (Å²) in [5, 5.41) is 1.37. The number of methoxy groups -OCH3 is 1. The summed E-state index contributed by atoms with van der Waals surface area (Å²) in [7, 11) is 5.16. The number of benzene rings is 1. The van der Waals surface area contributed by atoms with Gasteiger partial charge in [0.25, 0.3) is 5.56 Å². The van der Waals surface area contributed by atoms with Crippen molar-refractivity contribution in [1.82, 2.24) is 14.5 Å². The predicted octanol–water partition coefficient (Wildman–Crippen LogP) is 3.63. The molecule has 2 heterocycles. The van der Waals surface area contributed by atoms with Gasteiger partial charge in [-0.25, -0.2) is 4.98 Å². The Bertz CT molecular complexity index is 1150. The van der Waals surface area contributed by atoms with Gasteiger partial charge in [0.05, 0.1) is 18.2 Å². The van der Waals surface area contributed by atoms with Crippen LogP contribution in [0.15, 0.2) is 34.2 Å². The summed E-state index contributed by atoms with van der Waals surface area (Å²) < 4.78 is 6.83. The topological polar surface area (TPSA) is 64.4 Å². The first kappa shape index (κ1) is 20.9. The summed E-state index contributed by atoms with van der Waals surface area (Å²) in [5.74, 6) is 0.994. The van der Waals surface area contributed by atoms with E-state index in [1.54, 1.807) is 42.0 Å². The third kappa shape index (κ3) is 4.11. The Morgan fingerprint density at radius 2 is 2.13 bits per heavy atom. The van der Waals surface area contributed by atoms with Crippen LogP contribution >= 0.6 is 23.1 Å². The first-order valence-corrected chi connectivity index (χ1v) is 11.8. The maximum absolute atomic E-state index is 13.0. The molecule has 0 radical (unpaired) electrons. The Kier molecular flexibility index (Phi) is 6.15. The second-order valence-electron chi connectivity index (χ2n) is 7.54. The summed E-state index contributed by atoms with van der Waals surface area (Å²) in [6.07, 6.45) is 4.31. The summed E-state index contributed by atoms with van der Waals surface area (Å²) in [6.45, 7) is 0.500. The highest BCUT2D eigenvalue weighted by atomic mass is 32.2. The second-order valence-corrected chi connectivity index (χ2v) is 9.57. The van der Waals surface area contributed by atoms with Crippen LogP contribution in [-0.4, -0.2) is 40.3 Å². The number of ether oxygens (including phenoxy) is 1. The number of thiophene rings is 1. The molecule has 1 aliphatic rings. The molecular formula is C22H25N3O3S2. The summed E-state index contributed by atoms with van der Waals surface area (Å²) in [6, 6.07) is 7.69. The Morgan fingerprint density at radius 3 is 2.93 bits per heavy atom. The van der Waals surface area contributed by atoms with Crippen LogP contribution in [0.4, 0.5) is 0 Å². The number of hydrogen-bond acceptors (Lipinski definition) is 6. The van der Waals surface area contributed by atoms with E-state index in [2.05, 4.69) is 0 Å². The van der Waals surface area contributed by atoms with E-state index in [9.17, 15) is 9.59 Å². The monoisotopic (exact) mass is 443 g/mol. The predicted molar refractivity (Wildman–Crippen MR) is 122 cm³/mol. The molecule has 1 aliphatic carbocycles. The fourth-order valence-corrected chi connectivity index (χ4v) is 5.98. The van der Waals surface area contributed by atoms with Gasteiger partial charge in [-0.05, 0) is 48.9 Å². The van der Waals surface area contributed by atoms with Crippen molar-refractivity contribution in [3.63, 3.8) is 0 Å². The molecule has 1 amide bonds. The fourth-order valence-electron chi connectivity index (χ4n) is 3.77. The summed E-state index contributed by atoms with van der Waals surface area (Å²) >= 11 is 2.96.